The molecular formula is C13H9ClFN3Se. The van der Waals surface area contributed by atoms with Crippen LogP contribution in [-0.2, 0) is 6.54 Å². The predicted molar refractivity (Wildman–Crippen MR) is 75.2 cm³/mol. The van der Waals surface area contributed by atoms with E-state index in [1.807, 2.05) is 18.2 Å². The van der Waals surface area contributed by atoms with Crippen LogP contribution in [-0.4, -0.2) is 22.9 Å². The summed E-state index contributed by atoms with van der Waals surface area (Å²) in [6, 6.07) is 10.4. The standard InChI is InChI=1S/C13H9ClFN3Se/c14-9-3-1-4-10(15)8(9)7-16-11-5-2-6-12-13(11)18-19-17-12/h1-6,16H,7H2. The Hall–Kier alpha value is -1.42. The van der Waals surface area contributed by atoms with Crippen molar-refractivity contribution in [3.05, 3.63) is 52.8 Å². The van der Waals surface area contributed by atoms with Gasteiger partial charge in [0.05, 0.1) is 0 Å². The molecule has 0 saturated carbocycles. The fraction of sp³-hybridized carbons (Fsp3) is 0.0769. The molecule has 0 aliphatic heterocycles. The van der Waals surface area contributed by atoms with E-state index in [-0.39, 0.29) is 20.8 Å². The SMILES string of the molecule is Fc1cccc(Cl)c1CNc1cccc2n[se]nc12. The number of rotatable bonds is 3. The molecule has 0 aliphatic carbocycles. The number of hydrogen-bond acceptors (Lipinski definition) is 3. The van der Waals surface area contributed by atoms with Crippen molar-refractivity contribution in [1.82, 2.24) is 7.96 Å². The zero-order chi connectivity index (χ0) is 13.2. The minimum absolute atomic E-state index is 0.0737. The average molecular weight is 341 g/mol. The molecule has 0 saturated heterocycles. The van der Waals surface area contributed by atoms with Crippen molar-refractivity contribution >= 4 is 43.3 Å². The van der Waals surface area contributed by atoms with Crippen molar-refractivity contribution in [2.75, 3.05) is 5.32 Å². The van der Waals surface area contributed by atoms with Crippen molar-refractivity contribution in [3.63, 3.8) is 0 Å². The number of halogens is 2. The molecule has 3 aromatic rings. The molecule has 0 unspecified atom stereocenters. The number of hydrogen-bond donors (Lipinski definition) is 1. The van der Waals surface area contributed by atoms with Crippen molar-refractivity contribution in [2.45, 2.75) is 6.54 Å². The van der Waals surface area contributed by atoms with E-state index in [1.165, 1.54) is 6.07 Å². The van der Waals surface area contributed by atoms with E-state index in [9.17, 15) is 4.39 Å². The Morgan fingerprint density at radius 2 is 2.00 bits per heavy atom. The second kappa shape index (κ2) is 5.29. The quantitative estimate of drug-likeness (QED) is 0.745. The van der Waals surface area contributed by atoms with E-state index in [4.69, 9.17) is 11.6 Å². The summed E-state index contributed by atoms with van der Waals surface area (Å²) in [5.74, 6) is -0.307. The number of nitrogens with zero attached hydrogens (tertiary/aromatic N) is 2. The summed E-state index contributed by atoms with van der Waals surface area (Å²) < 4.78 is 22.3. The van der Waals surface area contributed by atoms with Crippen LogP contribution in [0.25, 0.3) is 11.0 Å². The van der Waals surface area contributed by atoms with Gasteiger partial charge in [0, 0.05) is 0 Å². The fourth-order valence-corrected chi connectivity index (χ4v) is 3.22. The first kappa shape index (κ1) is 12.6. The van der Waals surface area contributed by atoms with Crippen molar-refractivity contribution in [2.24, 2.45) is 0 Å². The molecule has 3 nitrogen and oxygen atoms in total. The van der Waals surface area contributed by atoms with Gasteiger partial charge in [0.2, 0.25) is 0 Å². The van der Waals surface area contributed by atoms with Gasteiger partial charge < -0.3 is 0 Å². The third-order valence-corrected chi connectivity index (χ3v) is 4.30. The second-order valence-electron chi connectivity index (χ2n) is 3.99. The summed E-state index contributed by atoms with van der Waals surface area (Å²) in [5, 5.41) is 3.60. The second-order valence-corrected chi connectivity index (χ2v) is 5.51. The van der Waals surface area contributed by atoms with Gasteiger partial charge in [0.25, 0.3) is 0 Å². The maximum absolute atomic E-state index is 13.7. The Bertz CT molecular complexity index is 708. The van der Waals surface area contributed by atoms with Gasteiger partial charge in [-0.2, -0.15) is 0 Å². The van der Waals surface area contributed by atoms with E-state index in [2.05, 4.69) is 13.3 Å². The molecule has 2 aromatic carbocycles. The summed E-state index contributed by atoms with van der Waals surface area (Å²) in [5.41, 5.74) is 3.07. The van der Waals surface area contributed by atoms with Gasteiger partial charge in [-0.3, -0.25) is 0 Å². The molecule has 0 fully saturated rings. The first-order valence-electron chi connectivity index (χ1n) is 5.64. The van der Waals surface area contributed by atoms with Crippen molar-refractivity contribution < 1.29 is 4.39 Å². The number of fused-ring (bicyclic) bond motifs is 1. The Morgan fingerprint density at radius 1 is 1.16 bits per heavy atom. The molecule has 1 heterocycles. The average Bonchev–Trinajstić information content (AvgIpc) is 2.87. The van der Waals surface area contributed by atoms with E-state index >= 15 is 0 Å². The van der Waals surface area contributed by atoms with Gasteiger partial charge in [-0.1, -0.05) is 0 Å². The molecule has 0 spiro atoms. The molecule has 1 aromatic heterocycles. The maximum atomic E-state index is 13.7. The Morgan fingerprint density at radius 3 is 2.84 bits per heavy atom. The minimum atomic E-state index is -0.307. The van der Waals surface area contributed by atoms with Crippen LogP contribution in [0.3, 0.4) is 0 Å². The molecular weight excluding hydrogens is 332 g/mol. The zero-order valence-electron chi connectivity index (χ0n) is 9.73. The van der Waals surface area contributed by atoms with Gasteiger partial charge in [0.1, 0.15) is 0 Å². The van der Waals surface area contributed by atoms with Crippen LogP contribution in [0.15, 0.2) is 36.4 Å². The predicted octanol–water partition coefficient (Wildman–Crippen LogP) is 3.09. The number of nitrogens with one attached hydrogen (secondary N) is 1. The van der Waals surface area contributed by atoms with Gasteiger partial charge in [0.15, 0.2) is 0 Å². The Balaban J connectivity index is 1.88. The molecule has 0 bridgehead atoms. The molecule has 96 valence electrons. The number of benzene rings is 2. The first-order valence-corrected chi connectivity index (χ1v) is 7.55. The summed E-state index contributed by atoms with van der Waals surface area (Å²) in [7, 11) is 0. The van der Waals surface area contributed by atoms with Crippen LogP contribution in [0.5, 0.6) is 0 Å². The van der Waals surface area contributed by atoms with Crippen LogP contribution in [0, 0.1) is 5.82 Å². The summed E-state index contributed by atoms with van der Waals surface area (Å²) in [4.78, 5) is 0. The van der Waals surface area contributed by atoms with Gasteiger partial charge in [-0.05, 0) is 0 Å². The van der Waals surface area contributed by atoms with Crippen LogP contribution in [0.2, 0.25) is 5.02 Å². The molecule has 1 N–H and O–H groups in total. The Kier molecular flexibility index (Phi) is 3.51. The van der Waals surface area contributed by atoms with E-state index in [1.54, 1.807) is 12.1 Å². The molecule has 0 radical (unpaired) electrons. The number of anilines is 1. The fourth-order valence-electron chi connectivity index (χ4n) is 1.83. The molecule has 0 aliphatic rings. The molecule has 6 heteroatoms. The normalized spacial score (nSPS) is 10.8. The summed E-state index contributed by atoms with van der Waals surface area (Å²) in [6.07, 6.45) is 0. The third-order valence-electron chi connectivity index (χ3n) is 2.80. The monoisotopic (exact) mass is 341 g/mol. The third kappa shape index (κ3) is 2.50. The molecule has 0 atom stereocenters. The van der Waals surface area contributed by atoms with Crippen LogP contribution in [0.4, 0.5) is 10.1 Å². The van der Waals surface area contributed by atoms with Crippen molar-refractivity contribution in [3.8, 4) is 0 Å². The Labute approximate surface area is 120 Å². The van der Waals surface area contributed by atoms with Crippen LogP contribution in [0.1, 0.15) is 5.56 Å². The van der Waals surface area contributed by atoms with E-state index < -0.39 is 0 Å². The van der Waals surface area contributed by atoms with Gasteiger partial charge >= 0.3 is 120 Å². The summed E-state index contributed by atoms with van der Waals surface area (Å²) in [6.45, 7) is 0.324. The molecule has 3 rings (SSSR count). The first-order chi connectivity index (χ1) is 9.25. The van der Waals surface area contributed by atoms with Gasteiger partial charge in [-0.25, -0.2) is 0 Å². The van der Waals surface area contributed by atoms with E-state index in [0.29, 0.717) is 17.1 Å². The topological polar surface area (TPSA) is 37.8 Å². The molecule has 0 amide bonds. The van der Waals surface area contributed by atoms with E-state index in [0.717, 1.165) is 16.7 Å². The van der Waals surface area contributed by atoms with Crippen LogP contribution >= 0.6 is 11.6 Å². The van der Waals surface area contributed by atoms with Gasteiger partial charge in [-0.15, -0.1) is 0 Å². The summed E-state index contributed by atoms with van der Waals surface area (Å²) >= 11 is 5.92. The zero-order valence-corrected chi connectivity index (χ0v) is 12.2. The van der Waals surface area contributed by atoms with Crippen LogP contribution < -0.4 is 5.32 Å². The molecule has 19 heavy (non-hydrogen) atoms. The number of aromatic nitrogens is 2. The van der Waals surface area contributed by atoms with Crippen molar-refractivity contribution in [1.29, 1.82) is 0 Å².